The highest BCUT2D eigenvalue weighted by molar-refractivity contribution is 7.92. The Bertz CT molecular complexity index is 932. The van der Waals surface area contributed by atoms with Crippen LogP contribution in [0.3, 0.4) is 0 Å². The number of nitrogens with one attached hydrogen (secondary N) is 2. The van der Waals surface area contributed by atoms with Crippen LogP contribution in [-0.4, -0.2) is 34.1 Å². The molecule has 0 aliphatic carbocycles. The summed E-state index contributed by atoms with van der Waals surface area (Å²) in [6, 6.07) is 8.07. The van der Waals surface area contributed by atoms with Crippen LogP contribution >= 0.6 is 0 Å². The standard InChI is InChI=1S/C20H24F2N2O4S/c1-14(2)13-28-11-3-10-23-20(25)15-4-6-16(7-5-15)24-29(26,27)17-8-9-18(21)19(22)12-17/h4-9,12,14,24H,3,10-11,13H2,1-2H3,(H,23,25). The highest BCUT2D eigenvalue weighted by Crippen LogP contribution is 2.18. The maximum Gasteiger partial charge on any atom is 0.261 e. The van der Waals surface area contributed by atoms with Gasteiger partial charge in [-0.1, -0.05) is 13.8 Å². The van der Waals surface area contributed by atoms with E-state index in [1.807, 2.05) is 0 Å². The van der Waals surface area contributed by atoms with E-state index < -0.39 is 26.6 Å². The third kappa shape index (κ3) is 7.10. The Kier molecular flexibility index (Phi) is 8.10. The molecule has 0 unspecified atom stereocenters. The third-order valence-corrected chi connectivity index (χ3v) is 5.18. The molecular weight excluding hydrogens is 402 g/mol. The highest BCUT2D eigenvalue weighted by Gasteiger charge is 2.17. The van der Waals surface area contributed by atoms with Crippen molar-refractivity contribution in [3.63, 3.8) is 0 Å². The Labute approximate surface area is 169 Å². The first-order chi connectivity index (χ1) is 13.7. The Morgan fingerprint density at radius 1 is 1.07 bits per heavy atom. The average molecular weight is 426 g/mol. The predicted molar refractivity (Wildman–Crippen MR) is 106 cm³/mol. The summed E-state index contributed by atoms with van der Waals surface area (Å²) in [5, 5.41) is 2.76. The zero-order valence-corrected chi connectivity index (χ0v) is 17.1. The Hall–Kier alpha value is -2.52. The largest absolute Gasteiger partial charge is 0.381 e. The zero-order valence-electron chi connectivity index (χ0n) is 16.2. The molecule has 0 saturated carbocycles. The van der Waals surface area contributed by atoms with Crippen molar-refractivity contribution in [1.29, 1.82) is 0 Å². The number of ether oxygens (including phenoxy) is 1. The molecule has 1 amide bonds. The van der Waals surface area contributed by atoms with E-state index in [-0.39, 0.29) is 11.6 Å². The molecule has 0 radical (unpaired) electrons. The number of halogens is 2. The summed E-state index contributed by atoms with van der Waals surface area (Å²) in [6.07, 6.45) is 0.685. The summed E-state index contributed by atoms with van der Waals surface area (Å²) in [7, 11) is -4.09. The molecule has 2 aromatic carbocycles. The van der Waals surface area contributed by atoms with Crippen molar-refractivity contribution in [3.05, 3.63) is 59.7 Å². The van der Waals surface area contributed by atoms with Gasteiger partial charge in [-0.15, -0.1) is 0 Å². The van der Waals surface area contributed by atoms with E-state index in [4.69, 9.17) is 4.74 Å². The molecule has 0 bridgehead atoms. The van der Waals surface area contributed by atoms with E-state index in [0.717, 1.165) is 12.1 Å². The van der Waals surface area contributed by atoms with Crippen molar-refractivity contribution < 1.29 is 26.7 Å². The first-order valence-electron chi connectivity index (χ1n) is 9.13. The van der Waals surface area contributed by atoms with Crippen LogP contribution in [0, 0.1) is 17.6 Å². The zero-order chi connectivity index (χ0) is 21.4. The first kappa shape index (κ1) is 22.8. The van der Waals surface area contributed by atoms with Gasteiger partial charge in [0.2, 0.25) is 0 Å². The number of carbonyl (C=O) groups excluding carboxylic acids is 1. The predicted octanol–water partition coefficient (Wildman–Crippen LogP) is 3.56. The number of anilines is 1. The molecule has 2 N–H and O–H groups in total. The number of sulfonamides is 1. The van der Waals surface area contributed by atoms with Gasteiger partial charge in [0, 0.05) is 31.0 Å². The van der Waals surface area contributed by atoms with Crippen molar-refractivity contribution in [3.8, 4) is 0 Å². The van der Waals surface area contributed by atoms with Crippen LogP contribution in [0.1, 0.15) is 30.6 Å². The summed E-state index contributed by atoms with van der Waals surface area (Å²) in [5.74, 6) is -2.22. The minimum Gasteiger partial charge on any atom is -0.381 e. The fraction of sp³-hybridized carbons (Fsp3) is 0.350. The maximum atomic E-state index is 13.3. The monoisotopic (exact) mass is 426 g/mol. The van der Waals surface area contributed by atoms with Crippen LogP contribution in [0.25, 0.3) is 0 Å². The molecule has 9 heteroatoms. The van der Waals surface area contributed by atoms with Gasteiger partial charge in [0.25, 0.3) is 15.9 Å². The molecule has 2 rings (SSSR count). The molecule has 0 heterocycles. The summed E-state index contributed by atoms with van der Waals surface area (Å²) in [5.41, 5.74) is 0.553. The number of benzene rings is 2. The fourth-order valence-electron chi connectivity index (χ4n) is 2.34. The summed E-state index contributed by atoms with van der Waals surface area (Å²) < 4.78 is 58.5. The number of rotatable bonds is 10. The van der Waals surface area contributed by atoms with E-state index in [1.165, 1.54) is 24.3 Å². The lowest BCUT2D eigenvalue weighted by Gasteiger charge is -2.10. The Balaban J connectivity index is 1.89. The molecule has 2 aromatic rings. The number of carbonyl (C=O) groups is 1. The van der Waals surface area contributed by atoms with Crippen molar-refractivity contribution >= 4 is 21.6 Å². The molecule has 29 heavy (non-hydrogen) atoms. The van der Waals surface area contributed by atoms with Crippen LogP contribution in [-0.2, 0) is 14.8 Å². The lowest BCUT2D eigenvalue weighted by Crippen LogP contribution is -2.25. The molecule has 158 valence electrons. The minimum absolute atomic E-state index is 0.188. The van der Waals surface area contributed by atoms with E-state index in [9.17, 15) is 22.0 Å². The van der Waals surface area contributed by atoms with Gasteiger partial charge in [-0.05, 0) is 54.8 Å². The Morgan fingerprint density at radius 2 is 1.76 bits per heavy atom. The van der Waals surface area contributed by atoms with Gasteiger partial charge in [-0.2, -0.15) is 0 Å². The molecule has 0 saturated heterocycles. The summed E-state index contributed by atoms with van der Waals surface area (Å²) >= 11 is 0. The average Bonchev–Trinajstić information content (AvgIpc) is 2.66. The Morgan fingerprint density at radius 3 is 2.38 bits per heavy atom. The van der Waals surface area contributed by atoms with Gasteiger partial charge in [0.05, 0.1) is 4.90 Å². The van der Waals surface area contributed by atoms with Gasteiger partial charge >= 0.3 is 0 Å². The second-order valence-corrected chi connectivity index (χ2v) is 8.52. The lowest BCUT2D eigenvalue weighted by atomic mass is 10.2. The van der Waals surface area contributed by atoms with Crippen LogP contribution in [0.15, 0.2) is 47.4 Å². The number of hydrogen-bond acceptors (Lipinski definition) is 4. The van der Waals surface area contributed by atoms with E-state index in [1.54, 1.807) is 0 Å². The normalized spacial score (nSPS) is 11.5. The molecule has 0 fully saturated rings. The van der Waals surface area contributed by atoms with E-state index in [0.29, 0.717) is 43.7 Å². The maximum absolute atomic E-state index is 13.3. The first-order valence-corrected chi connectivity index (χ1v) is 10.6. The van der Waals surface area contributed by atoms with E-state index in [2.05, 4.69) is 23.9 Å². The molecule has 0 aromatic heterocycles. The quantitative estimate of drug-likeness (QED) is 0.569. The summed E-state index contributed by atoms with van der Waals surface area (Å²) in [6.45, 7) is 5.81. The van der Waals surface area contributed by atoms with Crippen LogP contribution in [0.4, 0.5) is 14.5 Å². The van der Waals surface area contributed by atoms with Gasteiger partial charge in [0.15, 0.2) is 11.6 Å². The van der Waals surface area contributed by atoms with Crippen molar-refractivity contribution in [1.82, 2.24) is 5.32 Å². The molecule has 0 atom stereocenters. The molecule has 0 spiro atoms. The van der Waals surface area contributed by atoms with Gasteiger partial charge < -0.3 is 10.1 Å². The minimum atomic E-state index is -4.09. The SMILES string of the molecule is CC(C)COCCCNC(=O)c1ccc(NS(=O)(=O)c2ccc(F)c(F)c2)cc1. The van der Waals surface area contributed by atoms with Crippen molar-refractivity contribution in [2.24, 2.45) is 5.92 Å². The third-order valence-electron chi connectivity index (χ3n) is 3.80. The fourth-order valence-corrected chi connectivity index (χ4v) is 3.42. The summed E-state index contributed by atoms with van der Waals surface area (Å²) in [4.78, 5) is 11.7. The van der Waals surface area contributed by atoms with Gasteiger partial charge in [-0.3, -0.25) is 9.52 Å². The topological polar surface area (TPSA) is 84.5 Å². The van der Waals surface area contributed by atoms with E-state index >= 15 is 0 Å². The van der Waals surface area contributed by atoms with Crippen LogP contribution in [0.5, 0.6) is 0 Å². The molecule has 0 aliphatic rings. The second kappa shape index (κ2) is 10.3. The number of amides is 1. The second-order valence-electron chi connectivity index (χ2n) is 6.84. The smallest absolute Gasteiger partial charge is 0.261 e. The van der Waals surface area contributed by atoms with Crippen LogP contribution < -0.4 is 10.0 Å². The number of hydrogen-bond donors (Lipinski definition) is 2. The highest BCUT2D eigenvalue weighted by atomic mass is 32.2. The van der Waals surface area contributed by atoms with Crippen LogP contribution in [0.2, 0.25) is 0 Å². The van der Waals surface area contributed by atoms with Gasteiger partial charge in [0.1, 0.15) is 0 Å². The molecule has 0 aliphatic heterocycles. The molecule has 6 nitrogen and oxygen atoms in total. The molecular formula is C20H24F2N2O4S. The lowest BCUT2D eigenvalue weighted by molar-refractivity contribution is 0.0925. The van der Waals surface area contributed by atoms with Crippen molar-refractivity contribution in [2.75, 3.05) is 24.5 Å². The van der Waals surface area contributed by atoms with Crippen molar-refractivity contribution in [2.45, 2.75) is 25.2 Å². The van der Waals surface area contributed by atoms with Gasteiger partial charge in [-0.25, -0.2) is 17.2 Å².